The number of piperidine rings is 1. The van der Waals surface area contributed by atoms with Gasteiger partial charge >= 0.3 is 0 Å². The van der Waals surface area contributed by atoms with Crippen LogP contribution in [0.4, 0.5) is 4.39 Å². The van der Waals surface area contributed by atoms with Gasteiger partial charge in [-0.15, -0.1) is 6.58 Å². The second-order valence-corrected chi connectivity index (χ2v) is 3.45. The molecule has 0 amide bonds. The first kappa shape index (κ1) is 8.72. The minimum Gasteiger partial charge on any atom is -0.306 e. The van der Waals surface area contributed by atoms with Crippen LogP contribution in [0, 0.1) is 0 Å². The molecule has 0 aromatic rings. The van der Waals surface area contributed by atoms with E-state index in [9.17, 15) is 4.39 Å². The largest absolute Gasteiger partial charge is 0.306 e. The SMILES string of the molecule is C=CCC1(F)CCN(C)CC1. The minimum absolute atomic E-state index is 0.515. The minimum atomic E-state index is -0.950. The zero-order chi connectivity index (χ0) is 8.32. The van der Waals surface area contributed by atoms with Crippen molar-refractivity contribution in [2.75, 3.05) is 20.1 Å². The smallest absolute Gasteiger partial charge is 0.116 e. The second kappa shape index (κ2) is 3.35. The molecule has 0 saturated carbocycles. The van der Waals surface area contributed by atoms with Crippen molar-refractivity contribution in [2.24, 2.45) is 0 Å². The highest BCUT2D eigenvalue weighted by atomic mass is 19.1. The van der Waals surface area contributed by atoms with E-state index >= 15 is 0 Å². The van der Waals surface area contributed by atoms with Gasteiger partial charge < -0.3 is 4.90 Å². The van der Waals surface area contributed by atoms with Crippen molar-refractivity contribution in [3.05, 3.63) is 12.7 Å². The summed E-state index contributed by atoms with van der Waals surface area (Å²) in [7, 11) is 2.04. The molecule has 1 nitrogen and oxygen atoms in total. The van der Waals surface area contributed by atoms with Gasteiger partial charge in [0.05, 0.1) is 0 Å². The van der Waals surface area contributed by atoms with Gasteiger partial charge in [0, 0.05) is 13.1 Å². The van der Waals surface area contributed by atoms with Crippen molar-refractivity contribution in [3.63, 3.8) is 0 Å². The Balaban J connectivity index is 2.41. The molecule has 0 N–H and O–H groups in total. The fourth-order valence-electron chi connectivity index (χ4n) is 1.48. The first-order chi connectivity index (χ1) is 5.16. The Morgan fingerprint density at radius 1 is 1.55 bits per heavy atom. The first-order valence-electron chi connectivity index (χ1n) is 4.15. The molecule has 0 atom stereocenters. The van der Waals surface area contributed by atoms with Crippen LogP contribution in [-0.4, -0.2) is 30.7 Å². The van der Waals surface area contributed by atoms with Gasteiger partial charge in [-0.05, 0) is 26.3 Å². The summed E-state index contributed by atoms with van der Waals surface area (Å²) in [6, 6.07) is 0. The topological polar surface area (TPSA) is 3.24 Å². The molecule has 0 aromatic heterocycles. The molecule has 1 rings (SSSR count). The lowest BCUT2D eigenvalue weighted by Gasteiger charge is -2.33. The molecule has 1 fully saturated rings. The number of alkyl halides is 1. The standard InChI is InChI=1S/C9H16FN/c1-3-4-9(10)5-7-11(2)8-6-9/h3H,1,4-8H2,2H3. The molecule has 2 heteroatoms. The number of nitrogens with zero attached hydrogens (tertiary/aromatic N) is 1. The Morgan fingerprint density at radius 2 is 2.09 bits per heavy atom. The van der Waals surface area contributed by atoms with Gasteiger partial charge in [-0.3, -0.25) is 0 Å². The van der Waals surface area contributed by atoms with Crippen molar-refractivity contribution in [1.29, 1.82) is 0 Å². The van der Waals surface area contributed by atoms with Crippen molar-refractivity contribution in [2.45, 2.75) is 24.9 Å². The summed E-state index contributed by atoms with van der Waals surface area (Å²) in [6.07, 6.45) is 3.53. The van der Waals surface area contributed by atoms with Crippen LogP contribution in [0.2, 0.25) is 0 Å². The second-order valence-electron chi connectivity index (χ2n) is 3.45. The zero-order valence-electron chi connectivity index (χ0n) is 7.15. The van der Waals surface area contributed by atoms with Crippen LogP contribution in [0.1, 0.15) is 19.3 Å². The highest BCUT2D eigenvalue weighted by Crippen LogP contribution is 2.29. The van der Waals surface area contributed by atoms with Crippen LogP contribution in [0.3, 0.4) is 0 Å². The lowest BCUT2D eigenvalue weighted by atomic mass is 9.90. The molecular formula is C9H16FN. The summed E-state index contributed by atoms with van der Waals surface area (Å²) in [5.41, 5.74) is -0.950. The zero-order valence-corrected chi connectivity index (χ0v) is 7.15. The van der Waals surface area contributed by atoms with E-state index in [1.54, 1.807) is 6.08 Å². The van der Waals surface area contributed by atoms with Crippen LogP contribution in [0.15, 0.2) is 12.7 Å². The van der Waals surface area contributed by atoms with Gasteiger partial charge in [0.1, 0.15) is 5.67 Å². The number of likely N-dealkylation sites (tertiary alicyclic amines) is 1. The number of rotatable bonds is 2. The molecule has 1 aliphatic heterocycles. The van der Waals surface area contributed by atoms with E-state index in [0.29, 0.717) is 19.3 Å². The lowest BCUT2D eigenvalue weighted by molar-refractivity contribution is 0.0723. The molecular weight excluding hydrogens is 141 g/mol. The number of hydrogen-bond donors (Lipinski definition) is 0. The third-order valence-corrected chi connectivity index (χ3v) is 2.39. The molecule has 11 heavy (non-hydrogen) atoms. The van der Waals surface area contributed by atoms with Crippen LogP contribution in [0.25, 0.3) is 0 Å². The quantitative estimate of drug-likeness (QED) is 0.554. The lowest BCUT2D eigenvalue weighted by Crippen LogP contribution is -2.39. The maximum absolute atomic E-state index is 13.6. The average molecular weight is 157 g/mol. The fraction of sp³-hybridized carbons (Fsp3) is 0.778. The molecule has 0 radical (unpaired) electrons. The van der Waals surface area contributed by atoms with Crippen molar-refractivity contribution >= 4 is 0 Å². The molecule has 64 valence electrons. The summed E-state index contributed by atoms with van der Waals surface area (Å²) in [5.74, 6) is 0. The van der Waals surface area contributed by atoms with E-state index in [1.807, 2.05) is 7.05 Å². The third-order valence-electron chi connectivity index (χ3n) is 2.39. The van der Waals surface area contributed by atoms with Crippen molar-refractivity contribution in [3.8, 4) is 0 Å². The molecule has 0 spiro atoms. The average Bonchev–Trinajstić information content (AvgIpc) is 1.97. The van der Waals surface area contributed by atoms with E-state index in [2.05, 4.69) is 11.5 Å². The molecule has 1 aliphatic rings. The Hall–Kier alpha value is -0.370. The first-order valence-corrected chi connectivity index (χ1v) is 4.15. The normalized spacial score (nSPS) is 24.9. The summed E-state index contributed by atoms with van der Waals surface area (Å²) < 4.78 is 13.6. The maximum atomic E-state index is 13.6. The van der Waals surface area contributed by atoms with Gasteiger partial charge in [-0.1, -0.05) is 6.08 Å². The van der Waals surface area contributed by atoms with Gasteiger partial charge in [-0.2, -0.15) is 0 Å². The van der Waals surface area contributed by atoms with Crippen LogP contribution in [-0.2, 0) is 0 Å². The fourth-order valence-corrected chi connectivity index (χ4v) is 1.48. The summed E-state index contributed by atoms with van der Waals surface area (Å²) >= 11 is 0. The van der Waals surface area contributed by atoms with Gasteiger partial charge in [0.15, 0.2) is 0 Å². The van der Waals surface area contributed by atoms with Gasteiger partial charge in [-0.25, -0.2) is 4.39 Å². The van der Waals surface area contributed by atoms with E-state index < -0.39 is 5.67 Å². The number of allylic oxidation sites excluding steroid dienone is 1. The summed E-state index contributed by atoms with van der Waals surface area (Å²) in [6.45, 7) is 5.32. The van der Waals surface area contributed by atoms with E-state index in [0.717, 1.165) is 13.1 Å². The van der Waals surface area contributed by atoms with Crippen molar-refractivity contribution < 1.29 is 4.39 Å². The number of hydrogen-bond acceptors (Lipinski definition) is 1. The Bertz CT molecular complexity index is 136. The molecule has 0 bridgehead atoms. The maximum Gasteiger partial charge on any atom is 0.116 e. The van der Waals surface area contributed by atoms with Gasteiger partial charge in [0.2, 0.25) is 0 Å². The van der Waals surface area contributed by atoms with Crippen molar-refractivity contribution in [1.82, 2.24) is 4.90 Å². The van der Waals surface area contributed by atoms with E-state index in [1.165, 1.54) is 0 Å². The predicted octanol–water partition coefficient (Wildman–Crippen LogP) is 2.00. The Kier molecular flexibility index (Phi) is 2.66. The summed E-state index contributed by atoms with van der Waals surface area (Å²) in [4.78, 5) is 2.17. The Morgan fingerprint density at radius 3 is 2.55 bits per heavy atom. The van der Waals surface area contributed by atoms with Crippen LogP contribution in [0.5, 0.6) is 0 Å². The van der Waals surface area contributed by atoms with Gasteiger partial charge in [0.25, 0.3) is 0 Å². The summed E-state index contributed by atoms with van der Waals surface area (Å²) in [5, 5.41) is 0. The van der Waals surface area contributed by atoms with E-state index in [-0.39, 0.29) is 0 Å². The predicted molar refractivity (Wildman–Crippen MR) is 45.4 cm³/mol. The highest BCUT2D eigenvalue weighted by molar-refractivity contribution is 4.90. The molecule has 0 aliphatic carbocycles. The van der Waals surface area contributed by atoms with Crippen LogP contribution < -0.4 is 0 Å². The third kappa shape index (κ3) is 2.29. The highest BCUT2D eigenvalue weighted by Gasteiger charge is 2.31. The Labute approximate surface area is 67.9 Å². The monoisotopic (exact) mass is 157 g/mol. The molecule has 1 saturated heterocycles. The van der Waals surface area contributed by atoms with E-state index in [4.69, 9.17) is 0 Å². The number of halogens is 1. The van der Waals surface area contributed by atoms with Crippen LogP contribution >= 0.6 is 0 Å². The molecule has 0 aromatic carbocycles. The molecule has 0 unspecified atom stereocenters. The molecule has 1 heterocycles.